The van der Waals surface area contributed by atoms with E-state index in [0.29, 0.717) is 58.8 Å². The van der Waals surface area contributed by atoms with E-state index in [-0.39, 0.29) is 18.0 Å². The number of carbonyl (C=O) groups excluding carboxylic acids is 1. The number of aryl methyl sites for hydroxylation is 2. The maximum Gasteiger partial charge on any atom is 0.350 e. The van der Waals surface area contributed by atoms with Crippen LogP contribution in [-0.2, 0) is 17.8 Å². The van der Waals surface area contributed by atoms with Crippen molar-refractivity contribution in [2.75, 3.05) is 6.54 Å². The quantitative estimate of drug-likeness (QED) is 0.406. The molecule has 3 heterocycles. The summed E-state index contributed by atoms with van der Waals surface area (Å²) in [5.41, 5.74) is 1.10. The number of aromatic nitrogens is 4. The number of rotatable bonds is 8. The summed E-state index contributed by atoms with van der Waals surface area (Å²) in [5.74, 6) is 0.856. The molecule has 0 atom stereocenters. The molecule has 0 aliphatic rings. The number of nitrogens with zero attached hydrogens (tertiary/aromatic N) is 4. The largest absolute Gasteiger partial charge is 0.441 e. The number of carbonyl (C=O) groups is 1. The monoisotopic (exact) mass is 459 g/mol. The highest BCUT2D eigenvalue weighted by atomic mass is 35.5. The van der Waals surface area contributed by atoms with Gasteiger partial charge in [-0.15, -0.1) is 5.10 Å². The second kappa shape index (κ2) is 9.36. The second-order valence-electron chi connectivity index (χ2n) is 6.88. The van der Waals surface area contributed by atoms with Crippen molar-refractivity contribution in [1.29, 1.82) is 0 Å². The molecule has 4 rings (SSSR count). The van der Waals surface area contributed by atoms with Gasteiger partial charge in [-0.05, 0) is 36.8 Å². The summed E-state index contributed by atoms with van der Waals surface area (Å²) in [4.78, 5) is 28.5. The van der Waals surface area contributed by atoms with Gasteiger partial charge < -0.3 is 9.73 Å². The average molecular weight is 460 g/mol. The maximum absolute atomic E-state index is 12.2. The van der Waals surface area contributed by atoms with Gasteiger partial charge in [0.1, 0.15) is 0 Å². The molecule has 1 aromatic carbocycles. The van der Waals surface area contributed by atoms with Crippen molar-refractivity contribution in [2.45, 2.75) is 25.8 Å². The van der Waals surface area contributed by atoms with Crippen molar-refractivity contribution in [1.82, 2.24) is 24.5 Å². The van der Waals surface area contributed by atoms with Crippen LogP contribution in [0.5, 0.6) is 0 Å². The van der Waals surface area contributed by atoms with Gasteiger partial charge in [-0.25, -0.2) is 14.5 Å². The van der Waals surface area contributed by atoms with E-state index in [1.54, 1.807) is 42.7 Å². The molecule has 3 aromatic heterocycles. The number of amides is 1. The standard InChI is InChI=1S/C21H19Cl2N5O3/c22-14-5-6-15(16(23)12-14)17-13-25-20(31-17)8-7-19(29)24-9-3-11-28-21(30)27-10-2-1-4-18(27)26-28/h1-2,4-6,10,12-13H,3,7-9,11H2,(H,24,29). The van der Waals surface area contributed by atoms with Crippen molar-refractivity contribution in [3.8, 4) is 11.3 Å². The zero-order valence-electron chi connectivity index (χ0n) is 16.4. The Balaban J connectivity index is 1.23. The molecule has 8 nitrogen and oxygen atoms in total. The summed E-state index contributed by atoms with van der Waals surface area (Å²) < 4.78 is 8.59. The number of pyridine rings is 1. The Bertz CT molecular complexity index is 1280. The number of benzene rings is 1. The van der Waals surface area contributed by atoms with Crippen molar-refractivity contribution in [3.05, 3.63) is 75.2 Å². The van der Waals surface area contributed by atoms with Gasteiger partial charge in [-0.1, -0.05) is 29.3 Å². The summed E-state index contributed by atoms with van der Waals surface area (Å²) in [6.45, 7) is 0.863. The lowest BCUT2D eigenvalue weighted by Gasteiger charge is -2.04. The van der Waals surface area contributed by atoms with E-state index in [0.717, 1.165) is 0 Å². The first-order chi connectivity index (χ1) is 15.0. The van der Waals surface area contributed by atoms with E-state index in [4.69, 9.17) is 27.6 Å². The molecule has 0 saturated carbocycles. The lowest BCUT2D eigenvalue weighted by atomic mass is 10.2. The van der Waals surface area contributed by atoms with E-state index in [1.165, 1.54) is 9.08 Å². The molecule has 0 fully saturated rings. The number of hydrogen-bond donors (Lipinski definition) is 1. The van der Waals surface area contributed by atoms with Crippen LogP contribution in [0.1, 0.15) is 18.7 Å². The number of hydrogen-bond acceptors (Lipinski definition) is 5. The number of nitrogens with one attached hydrogen (secondary N) is 1. The van der Waals surface area contributed by atoms with Crippen LogP contribution in [0.4, 0.5) is 0 Å². The van der Waals surface area contributed by atoms with Crippen LogP contribution in [0.15, 0.2) is 58.0 Å². The van der Waals surface area contributed by atoms with Crippen LogP contribution in [0.2, 0.25) is 10.0 Å². The Morgan fingerprint density at radius 3 is 2.87 bits per heavy atom. The van der Waals surface area contributed by atoms with E-state index < -0.39 is 0 Å². The van der Waals surface area contributed by atoms with Gasteiger partial charge in [0.15, 0.2) is 17.3 Å². The van der Waals surface area contributed by atoms with E-state index in [2.05, 4.69) is 15.4 Å². The molecular formula is C21H19Cl2N5O3. The van der Waals surface area contributed by atoms with Crippen molar-refractivity contribution in [3.63, 3.8) is 0 Å². The molecule has 0 radical (unpaired) electrons. The molecule has 0 saturated heterocycles. The summed E-state index contributed by atoms with van der Waals surface area (Å²) in [5, 5.41) is 8.10. The van der Waals surface area contributed by atoms with Gasteiger partial charge in [-0.2, -0.15) is 0 Å². The highest BCUT2D eigenvalue weighted by Crippen LogP contribution is 2.30. The predicted molar refractivity (Wildman–Crippen MR) is 117 cm³/mol. The van der Waals surface area contributed by atoms with Crippen LogP contribution in [0, 0.1) is 0 Å². The molecule has 0 spiro atoms. The molecular weight excluding hydrogens is 441 g/mol. The third-order valence-corrected chi connectivity index (χ3v) is 5.22. The normalized spacial score (nSPS) is 11.2. The molecule has 31 heavy (non-hydrogen) atoms. The Hall–Kier alpha value is -3.10. The van der Waals surface area contributed by atoms with E-state index in [1.807, 2.05) is 6.07 Å². The SMILES string of the molecule is O=C(CCc1ncc(-c2ccc(Cl)cc2Cl)o1)NCCCn1nc2ccccn2c1=O. The smallest absolute Gasteiger partial charge is 0.350 e. The second-order valence-corrected chi connectivity index (χ2v) is 7.72. The molecule has 0 bridgehead atoms. The lowest BCUT2D eigenvalue weighted by Crippen LogP contribution is -2.27. The fraction of sp³-hybridized carbons (Fsp3) is 0.238. The Kier molecular flexibility index (Phi) is 6.39. The van der Waals surface area contributed by atoms with Gasteiger partial charge in [0.2, 0.25) is 5.91 Å². The first-order valence-corrected chi connectivity index (χ1v) is 10.5. The third kappa shape index (κ3) is 4.98. The van der Waals surface area contributed by atoms with Gasteiger partial charge in [-0.3, -0.25) is 9.20 Å². The predicted octanol–water partition coefficient (Wildman–Crippen LogP) is 3.60. The van der Waals surface area contributed by atoms with Crippen LogP contribution in [-0.4, -0.2) is 31.6 Å². The summed E-state index contributed by atoms with van der Waals surface area (Å²) in [6.07, 6.45) is 4.45. The Morgan fingerprint density at radius 1 is 1.19 bits per heavy atom. The fourth-order valence-electron chi connectivity index (χ4n) is 3.12. The van der Waals surface area contributed by atoms with Gasteiger partial charge in [0.05, 0.1) is 11.2 Å². The van der Waals surface area contributed by atoms with Gasteiger partial charge in [0.25, 0.3) is 0 Å². The summed E-state index contributed by atoms with van der Waals surface area (Å²) in [6, 6.07) is 10.5. The van der Waals surface area contributed by atoms with Crippen LogP contribution >= 0.6 is 23.2 Å². The van der Waals surface area contributed by atoms with Crippen molar-refractivity contribution < 1.29 is 9.21 Å². The molecule has 160 valence electrons. The zero-order valence-corrected chi connectivity index (χ0v) is 17.9. The molecule has 4 aromatic rings. The van der Waals surface area contributed by atoms with Gasteiger partial charge >= 0.3 is 5.69 Å². The molecule has 10 heteroatoms. The molecule has 1 N–H and O–H groups in total. The number of halogens is 2. The van der Waals surface area contributed by atoms with Crippen LogP contribution < -0.4 is 11.0 Å². The first-order valence-electron chi connectivity index (χ1n) is 9.72. The lowest BCUT2D eigenvalue weighted by molar-refractivity contribution is -0.121. The van der Waals surface area contributed by atoms with Crippen molar-refractivity contribution >= 4 is 34.8 Å². The Labute approximate surface area is 187 Å². The molecule has 1 amide bonds. The first kappa shape index (κ1) is 21.1. The van der Waals surface area contributed by atoms with E-state index in [9.17, 15) is 9.59 Å². The third-order valence-electron chi connectivity index (χ3n) is 4.67. The zero-order chi connectivity index (χ0) is 21.8. The minimum atomic E-state index is -0.192. The highest BCUT2D eigenvalue weighted by Gasteiger charge is 2.12. The summed E-state index contributed by atoms with van der Waals surface area (Å²) >= 11 is 12.1. The van der Waals surface area contributed by atoms with Crippen LogP contribution in [0.3, 0.4) is 0 Å². The molecule has 0 unspecified atom stereocenters. The number of fused-ring (bicyclic) bond motifs is 1. The maximum atomic E-state index is 12.2. The van der Waals surface area contributed by atoms with E-state index >= 15 is 0 Å². The van der Waals surface area contributed by atoms with Crippen LogP contribution in [0.25, 0.3) is 17.0 Å². The minimum Gasteiger partial charge on any atom is -0.441 e. The fourth-order valence-corrected chi connectivity index (χ4v) is 3.62. The molecule has 0 aliphatic heterocycles. The van der Waals surface area contributed by atoms with Crippen molar-refractivity contribution in [2.24, 2.45) is 0 Å². The Morgan fingerprint density at radius 2 is 2.06 bits per heavy atom. The highest BCUT2D eigenvalue weighted by molar-refractivity contribution is 6.36. The average Bonchev–Trinajstić information content (AvgIpc) is 3.35. The topological polar surface area (TPSA) is 94.4 Å². The minimum absolute atomic E-state index is 0.119. The molecule has 0 aliphatic carbocycles. The number of oxazole rings is 1. The van der Waals surface area contributed by atoms with Gasteiger partial charge in [0, 0.05) is 42.7 Å². The summed E-state index contributed by atoms with van der Waals surface area (Å²) in [7, 11) is 0.